The molecule has 0 heterocycles. The lowest BCUT2D eigenvalue weighted by Crippen LogP contribution is -2.02. The van der Waals surface area contributed by atoms with Crippen LogP contribution in [0.2, 0.25) is 0 Å². The van der Waals surface area contributed by atoms with Crippen molar-refractivity contribution in [2.24, 2.45) is 11.7 Å². The fraction of sp³-hybridized carbons (Fsp3) is 0.556. The Labute approximate surface area is 66.8 Å². The number of hydrogen-bond acceptors (Lipinski definition) is 1. The van der Waals surface area contributed by atoms with Gasteiger partial charge in [-0.15, -0.1) is 0 Å². The van der Waals surface area contributed by atoms with Gasteiger partial charge in [-0.3, -0.25) is 0 Å². The maximum Gasteiger partial charge on any atom is 0.119 e. The van der Waals surface area contributed by atoms with Crippen molar-refractivity contribution in [3.05, 3.63) is 23.8 Å². The molecule has 11 heavy (non-hydrogen) atoms. The molecule has 0 radical (unpaired) electrons. The van der Waals surface area contributed by atoms with Crippen LogP contribution in [0.4, 0.5) is 4.39 Å². The molecule has 0 aromatic heterocycles. The van der Waals surface area contributed by atoms with Crippen molar-refractivity contribution in [1.29, 1.82) is 0 Å². The van der Waals surface area contributed by atoms with E-state index in [1.54, 1.807) is 12.2 Å². The van der Waals surface area contributed by atoms with E-state index in [2.05, 4.69) is 0 Å². The summed E-state index contributed by atoms with van der Waals surface area (Å²) in [5.74, 6) is 0.304. The van der Waals surface area contributed by atoms with Crippen molar-refractivity contribution in [2.75, 3.05) is 6.54 Å². The third-order valence-electron chi connectivity index (χ3n) is 1.85. The third kappa shape index (κ3) is 2.46. The van der Waals surface area contributed by atoms with Crippen molar-refractivity contribution >= 4 is 0 Å². The largest absolute Gasteiger partial charge is 0.327 e. The van der Waals surface area contributed by atoms with E-state index >= 15 is 0 Å². The van der Waals surface area contributed by atoms with Gasteiger partial charge in [0.05, 0.1) is 0 Å². The van der Waals surface area contributed by atoms with Gasteiger partial charge >= 0.3 is 0 Å². The zero-order valence-electron chi connectivity index (χ0n) is 6.76. The van der Waals surface area contributed by atoms with E-state index in [1.165, 1.54) is 0 Å². The van der Waals surface area contributed by atoms with Crippen molar-refractivity contribution in [3.8, 4) is 0 Å². The van der Waals surface area contributed by atoms with Gasteiger partial charge in [0, 0.05) is 6.54 Å². The second-order valence-corrected chi connectivity index (χ2v) is 3.03. The van der Waals surface area contributed by atoms with Gasteiger partial charge in [-0.1, -0.05) is 25.2 Å². The molecule has 0 aliphatic heterocycles. The minimum absolute atomic E-state index is 0.304. The first-order chi connectivity index (χ1) is 5.22. The van der Waals surface area contributed by atoms with E-state index in [9.17, 15) is 4.39 Å². The highest BCUT2D eigenvalue weighted by Crippen LogP contribution is 2.17. The van der Waals surface area contributed by atoms with Gasteiger partial charge in [0.1, 0.15) is 6.17 Å². The van der Waals surface area contributed by atoms with Gasteiger partial charge < -0.3 is 5.73 Å². The summed E-state index contributed by atoms with van der Waals surface area (Å²) in [6.07, 6.45) is 5.19. The van der Waals surface area contributed by atoms with Crippen LogP contribution in [0.1, 0.15) is 13.3 Å². The molecule has 0 saturated heterocycles. The van der Waals surface area contributed by atoms with E-state index in [1.807, 2.05) is 13.0 Å². The first kappa shape index (κ1) is 8.47. The number of rotatable bonds is 1. The molecule has 0 amide bonds. The van der Waals surface area contributed by atoms with Crippen LogP contribution in [0.15, 0.2) is 23.8 Å². The lowest BCUT2D eigenvalue weighted by Gasteiger charge is -2.04. The van der Waals surface area contributed by atoms with Crippen LogP contribution in [-0.2, 0) is 0 Å². The summed E-state index contributed by atoms with van der Waals surface area (Å²) in [5.41, 5.74) is 6.48. The molecule has 0 spiro atoms. The second kappa shape index (κ2) is 3.67. The molecule has 0 aromatic rings. The summed E-state index contributed by atoms with van der Waals surface area (Å²) >= 11 is 0. The van der Waals surface area contributed by atoms with Crippen LogP contribution in [0.5, 0.6) is 0 Å². The molecule has 1 rings (SSSR count). The standard InChI is InChI=1S/C9H14FN/c1-7-4-8(6-11)2-3-9(10)5-7/h2-4,7,9H,5-6,11H2,1H3. The van der Waals surface area contributed by atoms with Gasteiger partial charge in [-0.2, -0.15) is 0 Å². The average molecular weight is 155 g/mol. The van der Waals surface area contributed by atoms with Gasteiger partial charge in [-0.25, -0.2) is 4.39 Å². The molecule has 1 nitrogen and oxygen atoms in total. The molecular formula is C9H14FN. The van der Waals surface area contributed by atoms with Crippen molar-refractivity contribution in [2.45, 2.75) is 19.5 Å². The summed E-state index contributed by atoms with van der Waals surface area (Å²) in [4.78, 5) is 0. The van der Waals surface area contributed by atoms with Gasteiger partial charge in [-0.05, 0) is 17.9 Å². The Morgan fingerprint density at radius 3 is 3.09 bits per heavy atom. The minimum Gasteiger partial charge on any atom is -0.327 e. The van der Waals surface area contributed by atoms with E-state index in [4.69, 9.17) is 5.73 Å². The van der Waals surface area contributed by atoms with Gasteiger partial charge in [0.25, 0.3) is 0 Å². The molecule has 1 aliphatic rings. The highest BCUT2D eigenvalue weighted by atomic mass is 19.1. The van der Waals surface area contributed by atoms with Crippen LogP contribution in [0, 0.1) is 5.92 Å². The molecule has 62 valence electrons. The lowest BCUT2D eigenvalue weighted by molar-refractivity contribution is 0.353. The molecule has 0 bridgehead atoms. The maximum absolute atomic E-state index is 12.8. The molecule has 2 heteroatoms. The number of allylic oxidation sites excluding steroid dienone is 2. The first-order valence-corrected chi connectivity index (χ1v) is 3.95. The Morgan fingerprint density at radius 1 is 1.73 bits per heavy atom. The quantitative estimate of drug-likeness (QED) is 0.614. The molecule has 1 aliphatic carbocycles. The fourth-order valence-corrected chi connectivity index (χ4v) is 1.29. The SMILES string of the molecule is CC1C=C(CN)C=CC(F)C1. The molecular weight excluding hydrogens is 141 g/mol. The molecule has 2 N–H and O–H groups in total. The Kier molecular flexibility index (Phi) is 2.83. The normalized spacial score (nSPS) is 31.4. The van der Waals surface area contributed by atoms with Crippen LogP contribution >= 0.6 is 0 Å². The van der Waals surface area contributed by atoms with Crippen LogP contribution in [-0.4, -0.2) is 12.7 Å². The van der Waals surface area contributed by atoms with E-state index in [-0.39, 0.29) is 0 Å². The van der Waals surface area contributed by atoms with E-state index in [0.717, 1.165) is 5.57 Å². The zero-order valence-corrected chi connectivity index (χ0v) is 6.76. The fourth-order valence-electron chi connectivity index (χ4n) is 1.29. The monoisotopic (exact) mass is 155 g/mol. The van der Waals surface area contributed by atoms with Crippen LogP contribution in [0.3, 0.4) is 0 Å². The topological polar surface area (TPSA) is 26.0 Å². The van der Waals surface area contributed by atoms with Crippen molar-refractivity contribution in [1.82, 2.24) is 0 Å². The van der Waals surface area contributed by atoms with Crippen molar-refractivity contribution < 1.29 is 4.39 Å². The molecule has 0 aromatic carbocycles. The van der Waals surface area contributed by atoms with Crippen LogP contribution in [0.25, 0.3) is 0 Å². The highest BCUT2D eigenvalue weighted by molar-refractivity contribution is 5.23. The third-order valence-corrected chi connectivity index (χ3v) is 1.85. The summed E-state index contributed by atoms with van der Waals surface area (Å²) in [6.45, 7) is 2.52. The number of halogens is 1. The number of alkyl halides is 1. The molecule has 0 saturated carbocycles. The zero-order chi connectivity index (χ0) is 8.27. The molecule has 0 fully saturated rings. The first-order valence-electron chi connectivity index (χ1n) is 3.95. The predicted octanol–water partition coefficient (Wildman–Crippen LogP) is 1.81. The Hall–Kier alpha value is -0.630. The van der Waals surface area contributed by atoms with Gasteiger partial charge in [0.15, 0.2) is 0 Å². The molecule has 2 unspecified atom stereocenters. The van der Waals surface area contributed by atoms with E-state index < -0.39 is 6.17 Å². The van der Waals surface area contributed by atoms with Gasteiger partial charge in [0.2, 0.25) is 0 Å². The average Bonchev–Trinajstić information content (AvgIpc) is 2.11. The number of hydrogen-bond donors (Lipinski definition) is 1. The summed E-state index contributed by atoms with van der Waals surface area (Å²) in [7, 11) is 0. The second-order valence-electron chi connectivity index (χ2n) is 3.03. The number of nitrogens with two attached hydrogens (primary N) is 1. The summed E-state index contributed by atoms with van der Waals surface area (Å²) in [5, 5.41) is 0. The maximum atomic E-state index is 12.8. The molecule has 2 atom stereocenters. The predicted molar refractivity (Wildman–Crippen MR) is 45.0 cm³/mol. The Bertz CT molecular complexity index is 184. The smallest absolute Gasteiger partial charge is 0.119 e. The summed E-state index contributed by atoms with van der Waals surface area (Å²) in [6, 6.07) is 0. The van der Waals surface area contributed by atoms with Crippen LogP contribution < -0.4 is 5.73 Å². The van der Waals surface area contributed by atoms with E-state index in [0.29, 0.717) is 18.9 Å². The lowest BCUT2D eigenvalue weighted by atomic mass is 10.0. The Morgan fingerprint density at radius 2 is 2.45 bits per heavy atom. The summed E-state index contributed by atoms with van der Waals surface area (Å²) < 4.78 is 12.8. The van der Waals surface area contributed by atoms with Crippen molar-refractivity contribution in [3.63, 3.8) is 0 Å². The Balaban J connectivity index is 2.69. The highest BCUT2D eigenvalue weighted by Gasteiger charge is 2.10. The minimum atomic E-state index is -0.801.